The summed E-state index contributed by atoms with van der Waals surface area (Å²) in [6, 6.07) is 7.35. The van der Waals surface area contributed by atoms with Gasteiger partial charge in [0.15, 0.2) is 0 Å². The van der Waals surface area contributed by atoms with Gasteiger partial charge in [0.25, 0.3) is 0 Å². The summed E-state index contributed by atoms with van der Waals surface area (Å²) < 4.78 is 36.7. The lowest BCUT2D eigenvalue weighted by atomic mass is 9.99. The fourth-order valence-corrected chi connectivity index (χ4v) is 2.36. The van der Waals surface area contributed by atoms with Crippen molar-refractivity contribution in [3.63, 3.8) is 0 Å². The molecule has 1 aromatic rings. The number of alkyl halides is 3. The smallest absolute Gasteiger partial charge is 0.294 e. The minimum atomic E-state index is -4.10. The SMILES string of the molecule is FC(F)(F)CN1CCC(c2ccc(Cl)cc2)C1. The summed E-state index contributed by atoms with van der Waals surface area (Å²) in [5.74, 6) is 0.189. The highest BCUT2D eigenvalue weighted by Gasteiger charge is 2.34. The van der Waals surface area contributed by atoms with E-state index in [1.54, 1.807) is 12.1 Å². The molecule has 0 aromatic heterocycles. The largest absolute Gasteiger partial charge is 0.401 e. The van der Waals surface area contributed by atoms with Gasteiger partial charge in [0.1, 0.15) is 0 Å². The van der Waals surface area contributed by atoms with Crippen LogP contribution < -0.4 is 0 Å². The molecule has 0 bridgehead atoms. The molecule has 0 saturated carbocycles. The minimum Gasteiger partial charge on any atom is -0.294 e. The lowest BCUT2D eigenvalue weighted by Gasteiger charge is -2.17. The van der Waals surface area contributed by atoms with Gasteiger partial charge in [0.05, 0.1) is 6.54 Å². The molecule has 94 valence electrons. The van der Waals surface area contributed by atoms with Gasteiger partial charge >= 0.3 is 6.18 Å². The van der Waals surface area contributed by atoms with E-state index in [9.17, 15) is 13.2 Å². The number of rotatable bonds is 2. The molecule has 1 aliphatic rings. The second-order valence-corrected chi connectivity index (χ2v) is 4.82. The van der Waals surface area contributed by atoms with E-state index in [0.717, 1.165) is 12.0 Å². The van der Waals surface area contributed by atoms with E-state index in [1.165, 1.54) is 4.90 Å². The Bertz CT molecular complexity index is 374. The molecule has 1 nitrogen and oxygen atoms in total. The van der Waals surface area contributed by atoms with Crippen LogP contribution in [0.25, 0.3) is 0 Å². The van der Waals surface area contributed by atoms with Crippen molar-refractivity contribution in [2.24, 2.45) is 0 Å². The molecule has 0 N–H and O–H groups in total. The molecule has 2 rings (SSSR count). The number of nitrogens with zero attached hydrogens (tertiary/aromatic N) is 1. The zero-order valence-corrected chi connectivity index (χ0v) is 9.93. The van der Waals surface area contributed by atoms with Crippen LogP contribution in [0.1, 0.15) is 17.9 Å². The minimum absolute atomic E-state index is 0.189. The van der Waals surface area contributed by atoms with Crippen molar-refractivity contribution in [3.05, 3.63) is 34.9 Å². The third-order valence-electron chi connectivity index (χ3n) is 3.02. The standard InChI is InChI=1S/C12H13ClF3N/c13-11-3-1-9(2-4-11)10-5-6-17(7-10)8-12(14,15)16/h1-4,10H,5-8H2. The average molecular weight is 264 g/mol. The topological polar surface area (TPSA) is 3.24 Å². The van der Waals surface area contributed by atoms with Crippen LogP contribution in [-0.2, 0) is 0 Å². The number of benzene rings is 1. The van der Waals surface area contributed by atoms with Crippen LogP contribution in [0.3, 0.4) is 0 Å². The Hall–Kier alpha value is -0.740. The molecule has 0 amide bonds. The van der Waals surface area contributed by atoms with Crippen molar-refractivity contribution in [1.29, 1.82) is 0 Å². The van der Waals surface area contributed by atoms with Crippen LogP contribution in [0.4, 0.5) is 13.2 Å². The van der Waals surface area contributed by atoms with Crippen LogP contribution >= 0.6 is 11.6 Å². The molecular formula is C12H13ClF3N. The van der Waals surface area contributed by atoms with Gasteiger partial charge in [-0.15, -0.1) is 0 Å². The zero-order chi connectivity index (χ0) is 12.5. The summed E-state index contributed by atoms with van der Waals surface area (Å²) in [4.78, 5) is 1.46. The number of hydrogen-bond acceptors (Lipinski definition) is 1. The second kappa shape index (κ2) is 4.86. The van der Waals surface area contributed by atoms with E-state index >= 15 is 0 Å². The lowest BCUT2D eigenvalue weighted by Crippen LogP contribution is -2.32. The predicted octanol–water partition coefficient (Wildman–Crippen LogP) is 3.69. The number of halogens is 4. The summed E-state index contributed by atoms with van der Waals surface area (Å²) in [6.45, 7) is 0.172. The zero-order valence-electron chi connectivity index (χ0n) is 9.17. The molecule has 1 atom stereocenters. The molecule has 1 heterocycles. The Morgan fingerprint density at radius 3 is 2.47 bits per heavy atom. The summed E-state index contributed by atoms with van der Waals surface area (Å²) >= 11 is 5.77. The lowest BCUT2D eigenvalue weighted by molar-refractivity contribution is -0.143. The van der Waals surface area contributed by atoms with E-state index in [-0.39, 0.29) is 5.92 Å². The normalized spacial score (nSPS) is 22.0. The first-order chi connectivity index (χ1) is 7.94. The molecule has 0 spiro atoms. The first-order valence-corrected chi connectivity index (χ1v) is 5.86. The fourth-order valence-electron chi connectivity index (χ4n) is 2.24. The van der Waals surface area contributed by atoms with Crippen molar-refractivity contribution < 1.29 is 13.2 Å². The van der Waals surface area contributed by atoms with Crippen molar-refractivity contribution >= 4 is 11.6 Å². The van der Waals surface area contributed by atoms with Crippen LogP contribution in [0.2, 0.25) is 5.02 Å². The number of hydrogen-bond donors (Lipinski definition) is 0. The molecule has 17 heavy (non-hydrogen) atoms. The highest BCUT2D eigenvalue weighted by atomic mass is 35.5. The Balaban J connectivity index is 1.96. The summed E-state index contributed by atoms with van der Waals surface area (Å²) in [6.07, 6.45) is -3.33. The van der Waals surface area contributed by atoms with Gasteiger partial charge < -0.3 is 0 Å². The van der Waals surface area contributed by atoms with Gasteiger partial charge in [-0.3, -0.25) is 4.90 Å². The quantitative estimate of drug-likeness (QED) is 0.787. The van der Waals surface area contributed by atoms with Crippen LogP contribution in [0.5, 0.6) is 0 Å². The Morgan fingerprint density at radius 1 is 1.24 bits per heavy atom. The first-order valence-electron chi connectivity index (χ1n) is 5.48. The Labute approximate surface area is 103 Å². The molecule has 1 aliphatic heterocycles. The molecule has 1 unspecified atom stereocenters. The fraction of sp³-hybridized carbons (Fsp3) is 0.500. The van der Waals surface area contributed by atoms with Crippen molar-refractivity contribution in [3.8, 4) is 0 Å². The van der Waals surface area contributed by atoms with E-state index in [0.29, 0.717) is 18.1 Å². The highest BCUT2D eigenvalue weighted by Crippen LogP contribution is 2.30. The van der Waals surface area contributed by atoms with Crippen molar-refractivity contribution in [2.75, 3.05) is 19.6 Å². The summed E-state index contributed by atoms with van der Waals surface area (Å²) in [5.41, 5.74) is 1.07. The van der Waals surface area contributed by atoms with E-state index in [4.69, 9.17) is 11.6 Å². The molecule has 5 heteroatoms. The maximum absolute atomic E-state index is 12.2. The second-order valence-electron chi connectivity index (χ2n) is 4.39. The third kappa shape index (κ3) is 3.61. The maximum atomic E-state index is 12.2. The van der Waals surface area contributed by atoms with Gasteiger partial charge in [-0.05, 0) is 36.6 Å². The Morgan fingerprint density at radius 2 is 1.88 bits per heavy atom. The van der Waals surface area contributed by atoms with Gasteiger partial charge in [-0.25, -0.2) is 0 Å². The van der Waals surface area contributed by atoms with Crippen molar-refractivity contribution in [2.45, 2.75) is 18.5 Å². The maximum Gasteiger partial charge on any atom is 0.401 e. The highest BCUT2D eigenvalue weighted by molar-refractivity contribution is 6.30. The number of likely N-dealkylation sites (tertiary alicyclic amines) is 1. The molecule has 1 fully saturated rings. The molecule has 0 radical (unpaired) electrons. The van der Waals surface area contributed by atoms with Gasteiger partial charge in [0.2, 0.25) is 0 Å². The third-order valence-corrected chi connectivity index (χ3v) is 3.27. The predicted molar refractivity (Wildman–Crippen MR) is 61.3 cm³/mol. The average Bonchev–Trinajstić information content (AvgIpc) is 2.64. The first kappa shape index (κ1) is 12.7. The molecule has 0 aliphatic carbocycles. The van der Waals surface area contributed by atoms with Crippen LogP contribution in [0, 0.1) is 0 Å². The monoisotopic (exact) mass is 263 g/mol. The van der Waals surface area contributed by atoms with E-state index < -0.39 is 12.7 Å². The van der Waals surface area contributed by atoms with Crippen LogP contribution in [-0.4, -0.2) is 30.7 Å². The van der Waals surface area contributed by atoms with Crippen molar-refractivity contribution in [1.82, 2.24) is 4.90 Å². The van der Waals surface area contributed by atoms with Crippen LogP contribution in [0.15, 0.2) is 24.3 Å². The van der Waals surface area contributed by atoms with E-state index in [2.05, 4.69) is 0 Å². The molecular weight excluding hydrogens is 251 g/mol. The van der Waals surface area contributed by atoms with Gasteiger partial charge in [-0.2, -0.15) is 13.2 Å². The van der Waals surface area contributed by atoms with Gasteiger partial charge in [-0.1, -0.05) is 23.7 Å². The Kier molecular flexibility index (Phi) is 3.64. The summed E-state index contributed by atoms with van der Waals surface area (Å²) in [7, 11) is 0. The molecule has 1 aromatic carbocycles. The van der Waals surface area contributed by atoms with E-state index in [1.807, 2.05) is 12.1 Å². The molecule has 1 saturated heterocycles. The van der Waals surface area contributed by atoms with Gasteiger partial charge in [0, 0.05) is 11.6 Å². The summed E-state index contributed by atoms with van der Waals surface area (Å²) in [5, 5.41) is 0.652.